The number of aliphatic hydroxyl groups excluding tert-OH is 1. The van der Waals surface area contributed by atoms with Crippen molar-refractivity contribution in [3.63, 3.8) is 0 Å². The van der Waals surface area contributed by atoms with Crippen LogP contribution in [0.1, 0.15) is 25.7 Å². The summed E-state index contributed by atoms with van der Waals surface area (Å²) in [4.78, 5) is 15.5. The highest BCUT2D eigenvalue weighted by Gasteiger charge is 2.06. The molecule has 1 amide bonds. The van der Waals surface area contributed by atoms with Crippen LogP contribution in [0.4, 0.5) is 0 Å². The Morgan fingerprint density at radius 2 is 2.24 bits per heavy atom. The first-order chi connectivity index (χ1) is 8.24. The minimum atomic E-state index is -0.0500. The van der Waals surface area contributed by atoms with E-state index >= 15 is 0 Å². The van der Waals surface area contributed by atoms with Gasteiger partial charge in [0.15, 0.2) is 0 Å². The Bertz CT molecular complexity index is 190. The number of hydrogen-bond donors (Lipinski definition) is 3. The van der Waals surface area contributed by atoms with E-state index in [0.29, 0.717) is 19.6 Å². The highest BCUT2D eigenvalue weighted by molar-refractivity contribution is 5.75. The number of aliphatic hydroxyl groups is 1. The number of carbonyl (C=O) groups excluding carboxylic acids is 1. The molecule has 0 aromatic carbocycles. The summed E-state index contributed by atoms with van der Waals surface area (Å²) in [6.07, 6.45) is 3.06. The Labute approximate surface area is 102 Å². The van der Waals surface area contributed by atoms with Gasteiger partial charge in [-0.3, -0.25) is 4.79 Å². The van der Waals surface area contributed by atoms with Gasteiger partial charge in [0.05, 0.1) is 19.6 Å². The number of carbonyl (C=O) groups is 1. The van der Waals surface area contributed by atoms with Gasteiger partial charge >= 0.3 is 0 Å². The molecule has 0 aromatic heterocycles. The molecular weight excluding hydrogens is 224 g/mol. The van der Waals surface area contributed by atoms with Gasteiger partial charge in [-0.2, -0.15) is 0 Å². The van der Waals surface area contributed by atoms with E-state index in [4.69, 9.17) is 15.7 Å². The van der Waals surface area contributed by atoms with Crippen molar-refractivity contribution in [3.05, 3.63) is 0 Å². The van der Waals surface area contributed by atoms with Crippen LogP contribution in [-0.4, -0.2) is 44.5 Å². The quantitative estimate of drug-likeness (QED) is 0.348. The summed E-state index contributed by atoms with van der Waals surface area (Å²) in [6.45, 7) is 1.62. The van der Waals surface area contributed by atoms with E-state index in [1.807, 2.05) is 0 Å². The predicted octanol–water partition coefficient (Wildman–Crippen LogP) is -0.192. The number of nitrogens with one attached hydrogen (secondary N) is 1. The molecule has 0 heterocycles. The molecule has 4 N–H and O–H groups in total. The fourth-order valence-electron chi connectivity index (χ4n) is 1.49. The number of hydrogen-bond acceptors (Lipinski definition) is 5. The van der Waals surface area contributed by atoms with Gasteiger partial charge in [-0.15, -0.1) is 0 Å². The maximum atomic E-state index is 11.2. The molecule has 0 aliphatic carbocycles. The predicted molar refractivity (Wildman–Crippen MR) is 64.1 cm³/mol. The number of methoxy groups -OCH3 is 1. The highest BCUT2D eigenvalue weighted by Crippen LogP contribution is 2.07. The van der Waals surface area contributed by atoms with Gasteiger partial charge in [0.2, 0.25) is 5.91 Å². The van der Waals surface area contributed by atoms with Crippen LogP contribution < -0.4 is 11.2 Å². The molecule has 0 bridgehead atoms. The number of rotatable bonds is 11. The van der Waals surface area contributed by atoms with E-state index < -0.39 is 0 Å². The largest absolute Gasteiger partial charge is 0.396 e. The van der Waals surface area contributed by atoms with Crippen molar-refractivity contribution in [3.8, 4) is 0 Å². The molecule has 0 radical (unpaired) electrons. The SMILES string of the molecule is COCC(CO)CCCCNC(=O)CCON. The van der Waals surface area contributed by atoms with Gasteiger partial charge in [0, 0.05) is 26.2 Å². The fraction of sp³-hybridized carbons (Fsp3) is 0.909. The average Bonchev–Trinajstić information content (AvgIpc) is 2.34. The van der Waals surface area contributed by atoms with Crippen LogP contribution >= 0.6 is 0 Å². The summed E-state index contributed by atoms with van der Waals surface area (Å²) in [5.74, 6) is 4.96. The smallest absolute Gasteiger partial charge is 0.222 e. The van der Waals surface area contributed by atoms with Crippen LogP contribution in [0.15, 0.2) is 0 Å². The van der Waals surface area contributed by atoms with Crippen molar-refractivity contribution in [2.45, 2.75) is 25.7 Å². The van der Waals surface area contributed by atoms with Crippen molar-refractivity contribution >= 4 is 5.91 Å². The molecule has 0 aromatic rings. The maximum absolute atomic E-state index is 11.2. The van der Waals surface area contributed by atoms with Gasteiger partial charge in [0.1, 0.15) is 0 Å². The number of unbranched alkanes of at least 4 members (excludes halogenated alkanes) is 1. The lowest BCUT2D eigenvalue weighted by Gasteiger charge is -2.12. The maximum Gasteiger partial charge on any atom is 0.222 e. The van der Waals surface area contributed by atoms with Crippen molar-refractivity contribution < 1.29 is 19.5 Å². The normalized spacial score (nSPS) is 12.4. The Kier molecular flexibility index (Phi) is 11.3. The zero-order valence-corrected chi connectivity index (χ0v) is 10.5. The van der Waals surface area contributed by atoms with Gasteiger partial charge < -0.3 is 20.0 Å². The van der Waals surface area contributed by atoms with Gasteiger partial charge in [-0.1, -0.05) is 6.42 Å². The first-order valence-corrected chi connectivity index (χ1v) is 5.92. The third-order valence-corrected chi connectivity index (χ3v) is 2.47. The molecule has 0 rings (SSSR count). The third-order valence-electron chi connectivity index (χ3n) is 2.47. The second kappa shape index (κ2) is 11.8. The molecular formula is C11H24N2O4. The summed E-state index contributed by atoms with van der Waals surface area (Å²) >= 11 is 0. The van der Waals surface area contributed by atoms with Crippen LogP contribution in [-0.2, 0) is 14.4 Å². The zero-order valence-electron chi connectivity index (χ0n) is 10.5. The molecule has 0 aliphatic rings. The molecule has 0 saturated heterocycles. The highest BCUT2D eigenvalue weighted by atomic mass is 16.6. The first-order valence-electron chi connectivity index (χ1n) is 5.92. The molecule has 17 heavy (non-hydrogen) atoms. The van der Waals surface area contributed by atoms with E-state index in [9.17, 15) is 4.79 Å². The molecule has 102 valence electrons. The Balaban J connectivity index is 3.35. The number of nitrogens with two attached hydrogens (primary N) is 1. The molecule has 6 heteroatoms. The summed E-state index contributed by atoms with van der Waals surface area (Å²) in [5.41, 5.74) is 0. The number of ether oxygens (including phenoxy) is 1. The Morgan fingerprint density at radius 1 is 1.47 bits per heavy atom. The summed E-state index contributed by atoms with van der Waals surface area (Å²) in [7, 11) is 1.63. The Morgan fingerprint density at radius 3 is 2.82 bits per heavy atom. The molecule has 1 atom stereocenters. The van der Waals surface area contributed by atoms with E-state index in [1.54, 1.807) is 7.11 Å². The second-order valence-electron chi connectivity index (χ2n) is 3.97. The van der Waals surface area contributed by atoms with Crippen molar-refractivity contribution in [2.24, 2.45) is 11.8 Å². The van der Waals surface area contributed by atoms with Gasteiger partial charge in [0.25, 0.3) is 0 Å². The monoisotopic (exact) mass is 248 g/mol. The number of amides is 1. The molecule has 1 unspecified atom stereocenters. The van der Waals surface area contributed by atoms with Crippen LogP contribution in [0.2, 0.25) is 0 Å². The molecule has 0 saturated carbocycles. The lowest BCUT2D eigenvalue weighted by Crippen LogP contribution is -2.26. The van der Waals surface area contributed by atoms with E-state index in [2.05, 4.69) is 10.2 Å². The van der Waals surface area contributed by atoms with E-state index in [-0.39, 0.29) is 25.0 Å². The minimum Gasteiger partial charge on any atom is -0.396 e. The lowest BCUT2D eigenvalue weighted by atomic mass is 10.0. The Hall–Kier alpha value is -0.690. The first kappa shape index (κ1) is 16.3. The summed E-state index contributed by atoms with van der Waals surface area (Å²) in [5, 5.41) is 11.8. The molecule has 0 fully saturated rings. The molecule has 0 aliphatic heterocycles. The molecule has 0 spiro atoms. The lowest BCUT2D eigenvalue weighted by molar-refractivity contribution is -0.122. The molecule has 6 nitrogen and oxygen atoms in total. The van der Waals surface area contributed by atoms with Crippen LogP contribution in [0, 0.1) is 5.92 Å². The third kappa shape index (κ3) is 10.2. The van der Waals surface area contributed by atoms with E-state index in [0.717, 1.165) is 19.3 Å². The van der Waals surface area contributed by atoms with Crippen molar-refractivity contribution in [1.82, 2.24) is 5.32 Å². The zero-order chi connectivity index (χ0) is 12.9. The van der Waals surface area contributed by atoms with Crippen LogP contribution in [0.5, 0.6) is 0 Å². The van der Waals surface area contributed by atoms with Crippen molar-refractivity contribution in [2.75, 3.05) is 33.5 Å². The van der Waals surface area contributed by atoms with Crippen LogP contribution in [0.25, 0.3) is 0 Å². The van der Waals surface area contributed by atoms with Gasteiger partial charge in [-0.25, -0.2) is 5.90 Å². The fourth-order valence-corrected chi connectivity index (χ4v) is 1.49. The minimum absolute atomic E-state index is 0.0500. The standard InChI is InChI=1S/C11H24N2O4/c1-16-9-10(8-14)4-2-3-6-13-11(15)5-7-17-12/h10,14H,2-9,12H2,1H3,(H,13,15). The van der Waals surface area contributed by atoms with Gasteiger partial charge in [-0.05, 0) is 12.8 Å². The van der Waals surface area contributed by atoms with E-state index in [1.165, 1.54) is 0 Å². The summed E-state index contributed by atoms with van der Waals surface area (Å²) in [6, 6.07) is 0. The van der Waals surface area contributed by atoms with Crippen LogP contribution in [0.3, 0.4) is 0 Å². The second-order valence-corrected chi connectivity index (χ2v) is 3.97. The van der Waals surface area contributed by atoms with Crippen molar-refractivity contribution in [1.29, 1.82) is 0 Å². The topological polar surface area (TPSA) is 93.8 Å². The average molecular weight is 248 g/mol. The summed E-state index contributed by atoms with van der Waals surface area (Å²) < 4.78 is 4.98.